The summed E-state index contributed by atoms with van der Waals surface area (Å²) >= 11 is 0. The molecule has 4 heteroatoms. The van der Waals surface area contributed by atoms with Gasteiger partial charge in [0.15, 0.2) is 0 Å². The number of carbonyl (C=O) groups is 1. The van der Waals surface area contributed by atoms with Crippen LogP contribution in [-0.2, 0) is 4.79 Å². The molecule has 0 heterocycles. The van der Waals surface area contributed by atoms with E-state index in [2.05, 4.69) is 12.2 Å². The van der Waals surface area contributed by atoms with Gasteiger partial charge in [-0.05, 0) is 19.3 Å². The first-order valence-electron chi connectivity index (χ1n) is 13.4. The van der Waals surface area contributed by atoms with Gasteiger partial charge in [-0.3, -0.25) is 4.79 Å². The van der Waals surface area contributed by atoms with E-state index in [9.17, 15) is 15.0 Å². The molecule has 0 unspecified atom stereocenters. The number of allylic oxidation sites excluding steroid dienone is 1. The molecule has 0 spiro atoms. The van der Waals surface area contributed by atoms with Crippen LogP contribution in [0.1, 0.15) is 131 Å². The monoisotopic (exact) mass is 426 g/mol. The van der Waals surface area contributed by atoms with E-state index in [-0.39, 0.29) is 12.5 Å². The van der Waals surface area contributed by atoms with Gasteiger partial charge in [-0.15, -0.1) is 0 Å². The highest BCUT2D eigenvalue weighted by Gasteiger charge is 2.17. The Morgan fingerprint density at radius 1 is 0.867 bits per heavy atom. The second-order valence-electron chi connectivity index (χ2n) is 8.62. The molecule has 0 rings (SSSR count). The minimum Gasteiger partial charge on any atom is -0.394 e. The second kappa shape index (κ2) is 22.8. The molecule has 4 nitrogen and oxygen atoms in total. The predicted molar refractivity (Wildman–Crippen MR) is 129 cm³/mol. The Labute approximate surface area is 188 Å². The molecular weight excluding hydrogens is 374 g/mol. The third-order valence-electron chi connectivity index (χ3n) is 5.67. The molecule has 178 valence electrons. The minimum absolute atomic E-state index is 0.114. The smallest absolute Gasteiger partial charge is 0.220 e. The highest BCUT2D eigenvalue weighted by atomic mass is 16.3. The van der Waals surface area contributed by atoms with Gasteiger partial charge >= 0.3 is 0 Å². The number of rotatable bonds is 22. The van der Waals surface area contributed by atoms with E-state index in [0.29, 0.717) is 13.3 Å². The standard InChI is InChI=1S/C26H51NO3/c1-3-5-7-9-10-11-12-13-14-15-16-18-19-21-25(29)24(23-28)27-26(30)22-20-17-8-6-4-2/h19,21,24-25,28-29H,3-18,20,22-23H2,1-2H3,(H,27,30)/b21-19+/t24-,25+/m0/s1/i2D. The third kappa shape index (κ3) is 19.1. The molecule has 3 N–H and O–H groups in total. The zero-order chi connectivity index (χ0) is 23.0. The average Bonchev–Trinajstić information content (AvgIpc) is 2.77. The predicted octanol–water partition coefficient (Wildman–Crippen LogP) is 6.44. The Morgan fingerprint density at radius 2 is 1.40 bits per heavy atom. The first-order chi connectivity index (χ1) is 15.2. The fourth-order valence-electron chi connectivity index (χ4n) is 3.63. The minimum atomic E-state index is -0.848. The number of carbonyl (C=O) groups excluding carboxylic acids is 1. The second-order valence-corrected chi connectivity index (χ2v) is 8.62. The molecule has 0 fully saturated rings. The van der Waals surface area contributed by atoms with Crippen molar-refractivity contribution in [3.05, 3.63) is 12.2 Å². The summed E-state index contributed by atoms with van der Waals surface area (Å²) in [6.45, 7) is 2.47. The Balaban J connectivity index is 3.70. The maximum Gasteiger partial charge on any atom is 0.220 e. The van der Waals surface area contributed by atoms with Crippen molar-refractivity contribution in [1.82, 2.24) is 5.32 Å². The molecule has 0 radical (unpaired) electrons. The molecule has 0 saturated carbocycles. The van der Waals surface area contributed by atoms with E-state index >= 15 is 0 Å². The highest BCUT2D eigenvalue weighted by molar-refractivity contribution is 5.76. The topological polar surface area (TPSA) is 69.6 Å². The summed E-state index contributed by atoms with van der Waals surface area (Å²) in [6.07, 6.45) is 23.5. The van der Waals surface area contributed by atoms with Crippen LogP contribution in [0.3, 0.4) is 0 Å². The van der Waals surface area contributed by atoms with E-state index in [1.54, 1.807) is 6.08 Å². The van der Waals surface area contributed by atoms with Crippen LogP contribution >= 0.6 is 0 Å². The number of unbranched alkanes of at least 4 members (excludes halogenated alkanes) is 15. The molecular formula is C26H51NO3. The maximum atomic E-state index is 12.0. The number of aliphatic hydroxyl groups is 2. The van der Waals surface area contributed by atoms with Crippen molar-refractivity contribution in [1.29, 1.82) is 0 Å². The summed E-state index contributed by atoms with van der Waals surface area (Å²) in [4.78, 5) is 12.0. The maximum absolute atomic E-state index is 12.0. The van der Waals surface area contributed by atoms with Crippen molar-refractivity contribution in [3.63, 3.8) is 0 Å². The van der Waals surface area contributed by atoms with Gasteiger partial charge in [0, 0.05) is 7.79 Å². The molecule has 1 amide bonds. The van der Waals surface area contributed by atoms with Crippen molar-refractivity contribution < 1.29 is 16.4 Å². The van der Waals surface area contributed by atoms with Gasteiger partial charge in [0.25, 0.3) is 0 Å². The van der Waals surface area contributed by atoms with Gasteiger partial charge in [0.1, 0.15) is 0 Å². The molecule has 0 bridgehead atoms. The largest absolute Gasteiger partial charge is 0.394 e. The normalized spacial score (nSPS) is 14.0. The summed E-state index contributed by atoms with van der Waals surface area (Å²) < 4.78 is 7.11. The van der Waals surface area contributed by atoms with Crippen LogP contribution in [0.15, 0.2) is 12.2 Å². The van der Waals surface area contributed by atoms with Crippen LogP contribution in [0.4, 0.5) is 0 Å². The molecule has 0 aliphatic rings. The lowest BCUT2D eigenvalue weighted by Crippen LogP contribution is -2.45. The number of hydrogen-bond donors (Lipinski definition) is 3. The van der Waals surface area contributed by atoms with Crippen LogP contribution in [0.25, 0.3) is 0 Å². The van der Waals surface area contributed by atoms with E-state index in [1.807, 2.05) is 6.08 Å². The van der Waals surface area contributed by atoms with Gasteiger partial charge in [-0.25, -0.2) is 0 Å². The van der Waals surface area contributed by atoms with Crippen LogP contribution in [0.5, 0.6) is 0 Å². The lowest BCUT2D eigenvalue weighted by Gasteiger charge is -2.20. The molecule has 0 aliphatic carbocycles. The SMILES string of the molecule is [2H]CCCCCCCC(=O)N[C@@H](CO)[C@H](O)/C=C/CCCCCCCCCCCCC. The Morgan fingerprint density at radius 3 is 1.97 bits per heavy atom. The van der Waals surface area contributed by atoms with Gasteiger partial charge in [0.05, 0.1) is 18.8 Å². The summed E-state index contributed by atoms with van der Waals surface area (Å²) in [5.41, 5.74) is 0. The van der Waals surface area contributed by atoms with E-state index in [4.69, 9.17) is 1.37 Å². The Bertz CT molecular complexity index is 417. The first-order valence-corrected chi connectivity index (χ1v) is 12.7. The average molecular weight is 427 g/mol. The molecule has 2 atom stereocenters. The van der Waals surface area contributed by atoms with Crippen molar-refractivity contribution in [2.45, 2.75) is 142 Å². The molecule has 0 aromatic heterocycles. The van der Waals surface area contributed by atoms with E-state index < -0.39 is 12.1 Å². The highest BCUT2D eigenvalue weighted by Crippen LogP contribution is 2.12. The lowest BCUT2D eigenvalue weighted by molar-refractivity contribution is -0.123. The van der Waals surface area contributed by atoms with Crippen LogP contribution < -0.4 is 5.32 Å². The lowest BCUT2D eigenvalue weighted by atomic mass is 10.0. The Hall–Kier alpha value is -0.870. The number of nitrogens with one attached hydrogen (secondary N) is 1. The summed E-state index contributed by atoms with van der Waals surface area (Å²) in [5, 5.41) is 22.5. The fraction of sp³-hybridized carbons (Fsp3) is 0.885. The third-order valence-corrected chi connectivity index (χ3v) is 5.67. The quantitative estimate of drug-likeness (QED) is 0.138. The van der Waals surface area contributed by atoms with Crippen LogP contribution in [-0.4, -0.2) is 34.9 Å². The van der Waals surface area contributed by atoms with Crippen LogP contribution in [0, 0.1) is 0 Å². The number of aliphatic hydroxyl groups excluding tert-OH is 2. The van der Waals surface area contributed by atoms with Crippen molar-refractivity contribution in [2.75, 3.05) is 6.61 Å². The molecule has 0 aromatic carbocycles. The molecule has 30 heavy (non-hydrogen) atoms. The van der Waals surface area contributed by atoms with Crippen molar-refractivity contribution in [3.8, 4) is 0 Å². The van der Waals surface area contributed by atoms with Crippen molar-refractivity contribution >= 4 is 5.91 Å². The first kappa shape index (κ1) is 27.2. The van der Waals surface area contributed by atoms with E-state index in [0.717, 1.165) is 44.9 Å². The zero-order valence-corrected chi connectivity index (χ0v) is 19.8. The molecule has 0 aromatic rings. The van der Waals surface area contributed by atoms with E-state index in [1.165, 1.54) is 64.2 Å². The van der Waals surface area contributed by atoms with Crippen LogP contribution in [0.2, 0.25) is 0 Å². The zero-order valence-electron chi connectivity index (χ0n) is 20.8. The van der Waals surface area contributed by atoms with Gasteiger partial charge in [-0.2, -0.15) is 0 Å². The molecule has 0 saturated heterocycles. The number of hydrogen-bond acceptors (Lipinski definition) is 3. The fourth-order valence-corrected chi connectivity index (χ4v) is 3.63. The summed E-state index contributed by atoms with van der Waals surface area (Å²) in [6, 6.07) is -0.635. The Kier molecular flexibility index (Phi) is 20.7. The molecule has 0 aliphatic heterocycles. The summed E-state index contributed by atoms with van der Waals surface area (Å²) in [5.74, 6) is -0.114. The van der Waals surface area contributed by atoms with Gasteiger partial charge < -0.3 is 15.5 Å². The van der Waals surface area contributed by atoms with Gasteiger partial charge in [-0.1, -0.05) is 116 Å². The number of amides is 1. The van der Waals surface area contributed by atoms with Crippen molar-refractivity contribution in [2.24, 2.45) is 0 Å². The van der Waals surface area contributed by atoms with Gasteiger partial charge in [0.2, 0.25) is 5.91 Å². The summed E-state index contributed by atoms with van der Waals surface area (Å²) in [7, 11) is 0.